The number of halogens is 1. The summed E-state index contributed by atoms with van der Waals surface area (Å²) < 4.78 is 14.6. The van der Waals surface area contributed by atoms with Gasteiger partial charge in [0.2, 0.25) is 5.91 Å². The molecule has 2 N–H and O–H groups in total. The highest BCUT2D eigenvalue weighted by molar-refractivity contribution is 5.93. The van der Waals surface area contributed by atoms with Gasteiger partial charge in [-0.3, -0.25) is 14.9 Å². The Bertz CT molecular complexity index is 1060. The van der Waals surface area contributed by atoms with Gasteiger partial charge in [-0.2, -0.15) is 0 Å². The number of hydrogen-bond donors (Lipinski definition) is 2. The van der Waals surface area contributed by atoms with Crippen molar-refractivity contribution in [2.24, 2.45) is 5.92 Å². The Hall–Kier alpha value is -3.29. The minimum absolute atomic E-state index is 0.0114. The number of imidazole rings is 1. The number of rotatable bonds is 4. The summed E-state index contributed by atoms with van der Waals surface area (Å²) in [5.74, 6) is -0.335. The number of H-pyrrole nitrogens is 1. The zero-order valence-corrected chi connectivity index (χ0v) is 15.1. The summed E-state index contributed by atoms with van der Waals surface area (Å²) in [6.45, 7) is 0. The van der Waals surface area contributed by atoms with E-state index in [1.165, 1.54) is 30.3 Å². The third kappa shape index (κ3) is 3.58. The molecule has 1 aliphatic rings. The smallest absolute Gasteiger partial charge is 0.271 e. The Balaban J connectivity index is 1.56. The Morgan fingerprint density at radius 1 is 1.18 bits per heavy atom. The first-order valence-corrected chi connectivity index (χ1v) is 9.26. The highest BCUT2D eigenvalue weighted by Gasteiger charge is 2.21. The van der Waals surface area contributed by atoms with Gasteiger partial charge in [0.05, 0.1) is 21.5 Å². The summed E-state index contributed by atoms with van der Waals surface area (Å²) in [4.78, 5) is 29.9. The molecule has 8 heteroatoms. The third-order valence-electron chi connectivity index (χ3n) is 5.14. The van der Waals surface area contributed by atoms with Crippen molar-refractivity contribution in [3.63, 3.8) is 0 Å². The lowest BCUT2D eigenvalue weighted by molar-refractivity contribution is -0.384. The first-order chi connectivity index (χ1) is 13.5. The number of amides is 1. The number of carbonyl (C=O) groups is 1. The molecule has 0 spiro atoms. The number of nitrogens with zero attached hydrogens (tertiary/aromatic N) is 2. The lowest BCUT2D eigenvalue weighted by atomic mass is 9.88. The third-order valence-corrected chi connectivity index (χ3v) is 5.14. The largest absolute Gasteiger partial charge is 0.338 e. The van der Waals surface area contributed by atoms with Crippen LogP contribution in [-0.2, 0) is 4.79 Å². The van der Waals surface area contributed by atoms with Gasteiger partial charge >= 0.3 is 0 Å². The van der Waals surface area contributed by atoms with E-state index in [2.05, 4.69) is 15.3 Å². The van der Waals surface area contributed by atoms with Crippen LogP contribution in [-0.4, -0.2) is 20.8 Å². The standard InChI is InChI=1S/C20H19FN4O3/c21-16-10-13(22-20(26)12-4-2-1-3-5-12)6-8-15(16)19-23-17-9-7-14(25(27)28)11-18(17)24-19/h6-12H,1-5H2,(H,22,26)(H,23,24). The number of fused-ring (bicyclic) bond motifs is 1. The van der Waals surface area contributed by atoms with Crippen LogP contribution in [0.1, 0.15) is 32.1 Å². The number of non-ortho nitro benzene ring substituents is 1. The molecule has 1 aromatic heterocycles. The summed E-state index contributed by atoms with van der Waals surface area (Å²) >= 11 is 0. The van der Waals surface area contributed by atoms with Gasteiger partial charge in [0, 0.05) is 23.7 Å². The van der Waals surface area contributed by atoms with E-state index >= 15 is 0 Å². The van der Waals surface area contributed by atoms with Crippen LogP contribution in [0.3, 0.4) is 0 Å². The van der Waals surface area contributed by atoms with Crippen molar-refractivity contribution >= 4 is 28.3 Å². The number of anilines is 1. The number of aromatic amines is 1. The number of nitro groups is 1. The molecule has 0 aliphatic heterocycles. The van der Waals surface area contributed by atoms with E-state index in [1.54, 1.807) is 6.07 Å². The molecule has 0 saturated heterocycles. The molecule has 1 saturated carbocycles. The number of nitrogens with one attached hydrogen (secondary N) is 2. The zero-order valence-electron chi connectivity index (χ0n) is 15.1. The lowest BCUT2D eigenvalue weighted by Gasteiger charge is -2.20. The number of nitro benzene ring substituents is 1. The summed E-state index contributed by atoms with van der Waals surface area (Å²) in [7, 11) is 0. The van der Waals surface area contributed by atoms with E-state index in [0.717, 1.165) is 32.1 Å². The Morgan fingerprint density at radius 2 is 1.96 bits per heavy atom. The predicted molar refractivity (Wildman–Crippen MR) is 103 cm³/mol. The van der Waals surface area contributed by atoms with E-state index in [4.69, 9.17) is 0 Å². The van der Waals surface area contributed by atoms with E-state index in [0.29, 0.717) is 16.7 Å². The van der Waals surface area contributed by atoms with Crippen molar-refractivity contribution in [3.05, 3.63) is 52.3 Å². The van der Waals surface area contributed by atoms with Crippen LogP contribution in [0, 0.1) is 21.8 Å². The number of carbonyl (C=O) groups excluding carboxylic acids is 1. The molecular formula is C20H19FN4O3. The van der Waals surface area contributed by atoms with Crippen molar-refractivity contribution in [2.45, 2.75) is 32.1 Å². The van der Waals surface area contributed by atoms with Gasteiger partial charge < -0.3 is 10.3 Å². The van der Waals surface area contributed by atoms with E-state index in [1.807, 2.05) is 0 Å². The first-order valence-electron chi connectivity index (χ1n) is 9.26. The number of benzene rings is 2. The van der Waals surface area contributed by atoms with Gasteiger partial charge in [-0.25, -0.2) is 9.37 Å². The normalized spacial score (nSPS) is 14.9. The van der Waals surface area contributed by atoms with Crippen LogP contribution in [0.25, 0.3) is 22.4 Å². The molecule has 0 bridgehead atoms. The van der Waals surface area contributed by atoms with Crippen molar-refractivity contribution < 1.29 is 14.1 Å². The number of hydrogen-bond acceptors (Lipinski definition) is 4. The highest BCUT2D eigenvalue weighted by atomic mass is 19.1. The summed E-state index contributed by atoms with van der Waals surface area (Å²) in [5, 5.41) is 13.7. The lowest BCUT2D eigenvalue weighted by Crippen LogP contribution is -2.24. The van der Waals surface area contributed by atoms with Crippen LogP contribution >= 0.6 is 0 Å². The molecule has 0 atom stereocenters. The maximum absolute atomic E-state index is 14.6. The summed E-state index contributed by atoms with van der Waals surface area (Å²) in [6, 6.07) is 8.68. The topological polar surface area (TPSA) is 101 Å². The minimum atomic E-state index is -0.532. The van der Waals surface area contributed by atoms with Gasteiger partial charge in [-0.05, 0) is 37.1 Å². The fourth-order valence-corrected chi connectivity index (χ4v) is 3.63. The molecule has 0 radical (unpaired) electrons. The Morgan fingerprint density at radius 3 is 2.68 bits per heavy atom. The Kier molecular flexibility index (Phi) is 4.77. The maximum Gasteiger partial charge on any atom is 0.271 e. The van der Waals surface area contributed by atoms with Crippen molar-refractivity contribution in [1.82, 2.24) is 9.97 Å². The second-order valence-electron chi connectivity index (χ2n) is 7.06. The highest BCUT2D eigenvalue weighted by Crippen LogP contribution is 2.28. The average Bonchev–Trinajstić information content (AvgIpc) is 3.11. The fraction of sp³-hybridized carbons (Fsp3) is 0.300. The minimum Gasteiger partial charge on any atom is -0.338 e. The molecular weight excluding hydrogens is 363 g/mol. The Labute approximate surface area is 160 Å². The maximum atomic E-state index is 14.6. The second-order valence-corrected chi connectivity index (χ2v) is 7.06. The number of aromatic nitrogens is 2. The molecule has 1 aliphatic carbocycles. The molecule has 4 rings (SSSR count). The zero-order chi connectivity index (χ0) is 19.7. The molecule has 1 fully saturated rings. The molecule has 1 heterocycles. The quantitative estimate of drug-likeness (QED) is 0.500. The molecule has 3 aromatic rings. The fourth-order valence-electron chi connectivity index (χ4n) is 3.63. The van der Waals surface area contributed by atoms with E-state index in [-0.39, 0.29) is 28.9 Å². The molecule has 144 valence electrons. The van der Waals surface area contributed by atoms with Crippen LogP contribution < -0.4 is 5.32 Å². The van der Waals surface area contributed by atoms with E-state index < -0.39 is 10.7 Å². The molecule has 1 amide bonds. The van der Waals surface area contributed by atoms with Crippen molar-refractivity contribution in [3.8, 4) is 11.4 Å². The van der Waals surface area contributed by atoms with Gasteiger partial charge in [0.1, 0.15) is 11.6 Å². The molecule has 7 nitrogen and oxygen atoms in total. The molecule has 0 unspecified atom stereocenters. The van der Waals surface area contributed by atoms with Crippen molar-refractivity contribution in [1.29, 1.82) is 0 Å². The monoisotopic (exact) mass is 382 g/mol. The first kappa shape index (κ1) is 18.1. The van der Waals surface area contributed by atoms with Crippen LogP contribution in [0.5, 0.6) is 0 Å². The second kappa shape index (κ2) is 7.38. The SMILES string of the molecule is O=C(Nc1ccc(-c2nc3ccc([N+](=O)[O-])cc3[nH]2)c(F)c1)C1CCCCC1. The van der Waals surface area contributed by atoms with Gasteiger partial charge in [0.25, 0.3) is 5.69 Å². The summed E-state index contributed by atoms with van der Waals surface area (Å²) in [5.41, 5.74) is 1.54. The molecule has 28 heavy (non-hydrogen) atoms. The van der Waals surface area contributed by atoms with Crippen molar-refractivity contribution in [2.75, 3.05) is 5.32 Å². The van der Waals surface area contributed by atoms with Gasteiger partial charge in [-0.1, -0.05) is 19.3 Å². The van der Waals surface area contributed by atoms with Crippen LogP contribution in [0.4, 0.5) is 15.8 Å². The molecule has 2 aromatic carbocycles. The van der Waals surface area contributed by atoms with Gasteiger partial charge in [-0.15, -0.1) is 0 Å². The van der Waals surface area contributed by atoms with Crippen LogP contribution in [0.15, 0.2) is 36.4 Å². The average molecular weight is 382 g/mol. The van der Waals surface area contributed by atoms with Gasteiger partial charge in [0.15, 0.2) is 0 Å². The summed E-state index contributed by atoms with van der Waals surface area (Å²) in [6.07, 6.45) is 5.01. The van der Waals surface area contributed by atoms with E-state index in [9.17, 15) is 19.3 Å². The van der Waals surface area contributed by atoms with Crippen LogP contribution in [0.2, 0.25) is 0 Å². The predicted octanol–water partition coefficient (Wildman–Crippen LogP) is 4.80.